The van der Waals surface area contributed by atoms with Gasteiger partial charge in [0.2, 0.25) is 11.8 Å². The topological polar surface area (TPSA) is 85.9 Å². The molecule has 0 aliphatic heterocycles. The number of benzene rings is 1. The second kappa shape index (κ2) is 30.2. The van der Waals surface area contributed by atoms with Crippen LogP contribution in [-0.4, -0.2) is 57.9 Å². The first-order valence-electron chi connectivity index (χ1n) is 18.6. The molecule has 0 aliphatic rings. The molecule has 0 fully saturated rings. The molecule has 0 saturated heterocycles. The zero-order valence-corrected chi connectivity index (χ0v) is 31.7. The van der Waals surface area contributed by atoms with E-state index < -0.39 is 5.41 Å². The fourth-order valence-electron chi connectivity index (χ4n) is 4.68. The number of carbonyl (C=O) groups is 2. The van der Waals surface area contributed by atoms with Crippen molar-refractivity contribution < 1.29 is 23.8 Å². The minimum atomic E-state index is -0.480. The third-order valence-electron chi connectivity index (χ3n) is 7.77. The highest BCUT2D eigenvalue weighted by Crippen LogP contribution is 2.24. The van der Waals surface area contributed by atoms with Crippen LogP contribution in [0.1, 0.15) is 96.1 Å². The Morgan fingerprint density at radius 2 is 1.20 bits per heavy atom. The molecule has 0 radical (unpaired) electrons. The molecular weight excluding hydrogens is 624 g/mol. The molecule has 50 heavy (non-hydrogen) atoms. The highest BCUT2D eigenvalue weighted by Gasteiger charge is 2.26. The molecule has 0 aliphatic carbocycles. The zero-order chi connectivity index (χ0) is 36.5. The lowest BCUT2D eigenvalue weighted by atomic mass is 9.87. The van der Waals surface area contributed by atoms with Crippen molar-refractivity contribution in [1.29, 1.82) is 0 Å². The second-order valence-corrected chi connectivity index (χ2v) is 12.9. The number of ether oxygens (including phenoxy) is 3. The van der Waals surface area contributed by atoms with Crippen molar-refractivity contribution >= 4 is 11.8 Å². The predicted molar refractivity (Wildman–Crippen MR) is 210 cm³/mol. The van der Waals surface area contributed by atoms with Gasteiger partial charge in [-0.2, -0.15) is 0 Å². The van der Waals surface area contributed by atoms with Gasteiger partial charge in [0.15, 0.2) is 0 Å². The first-order valence-corrected chi connectivity index (χ1v) is 18.6. The van der Waals surface area contributed by atoms with Gasteiger partial charge in [0.05, 0.1) is 33.0 Å². The number of aryl methyl sites for hydroxylation is 2. The molecule has 0 spiro atoms. The predicted octanol–water partition coefficient (Wildman–Crippen LogP) is 9.23. The van der Waals surface area contributed by atoms with Crippen molar-refractivity contribution in [3.63, 3.8) is 0 Å². The van der Waals surface area contributed by atoms with Crippen LogP contribution >= 0.6 is 0 Å². The summed E-state index contributed by atoms with van der Waals surface area (Å²) >= 11 is 0. The van der Waals surface area contributed by atoms with E-state index in [1.165, 1.54) is 5.56 Å². The van der Waals surface area contributed by atoms with E-state index >= 15 is 0 Å². The molecule has 7 nitrogen and oxygen atoms in total. The van der Waals surface area contributed by atoms with Crippen LogP contribution in [-0.2, 0) is 19.1 Å². The smallest absolute Gasteiger partial charge is 0.225 e. The van der Waals surface area contributed by atoms with Crippen LogP contribution in [0.2, 0.25) is 0 Å². The highest BCUT2D eigenvalue weighted by atomic mass is 16.5. The molecular formula is C43H66N2O5. The Kier molecular flexibility index (Phi) is 26.8. The van der Waals surface area contributed by atoms with Crippen LogP contribution < -0.4 is 15.4 Å². The molecule has 0 unspecified atom stereocenters. The summed E-state index contributed by atoms with van der Waals surface area (Å²) in [6.45, 7) is 13.4. The lowest BCUT2D eigenvalue weighted by Crippen LogP contribution is -2.38. The van der Waals surface area contributed by atoms with Crippen molar-refractivity contribution in [3.05, 3.63) is 102 Å². The number of carbonyl (C=O) groups excluding carboxylic acids is 2. The van der Waals surface area contributed by atoms with Crippen molar-refractivity contribution in [2.45, 2.75) is 98.8 Å². The number of amides is 2. The summed E-state index contributed by atoms with van der Waals surface area (Å²) in [5.41, 5.74) is 1.81. The van der Waals surface area contributed by atoms with Crippen LogP contribution in [0.4, 0.5) is 0 Å². The van der Waals surface area contributed by atoms with E-state index in [0.29, 0.717) is 52.5 Å². The molecule has 1 rings (SSSR count). The Morgan fingerprint density at radius 3 is 1.76 bits per heavy atom. The van der Waals surface area contributed by atoms with Gasteiger partial charge < -0.3 is 24.8 Å². The Morgan fingerprint density at radius 1 is 0.680 bits per heavy atom. The Hall–Kier alpha value is -3.68. The van der Waals surface area contributed by atoms with Gasteiger partial charge in [-0.3, -0.25) is 9.59 Å². The fraction of sp³-hybridized carbons (Fsp3) is 0.535. The first kappa shape index (κ1) is 44.3. The van der Waals surface area contributed by atoms with Crippen LogP contribution in [0, 0.1) is 19.3 Å². The third-order valence-corrected chi connectivity index (χ3v) is 7.77. The summed E-state index contributed by atoms with van der Waals surface area (Å²) in [5, 5.41) is 5.85. The summed E-state index contributed by atoms with van der Waals surface area (Å²) in [4.78, 5) is 24.6. The normalized spacial score (nSPS) is 12.5. The van der Waals surface area contributed by atoms with Crippen LogP contribution in [0.3, 0.4) is 0 Å². The van der Waals surface area contributed by atoms with Gasteiger partial charge in [-0.1, -0.05) is 106 Å². The van der Waals surface area contributed by atoms with E-state index in [9.17, 15) is 9.59 Å². The lowest BCUT2D eigenvalue weighted by Gasteiger charge is -2.23. The average Bonchev–Trinajstić information content (AvgIpc) is 3.09. The number of rotatable bonds is 29. The number of nitrogens with one attached hydrogen (secondary N) is 2. The van der Waals surface area contributed by atoms with Crippen LogP contribution in [0.25, 0.3) is 0 Å². The average molecular weight is 691 g/mol. The van der Waals surface area contributed by atoms with Crippen molar-refractivity contribution in [1.82, 2.24) is 10.6 Å². The van der Waals surface area contributed by atoms with Gasteiger partial charge >= 0.3 is 0 Å². The van der Waals surface area contributed by atoms with Gasteiger partial charge in [0.25, 0.3) is 0 Å². The first-order chi connectivity index (χ1) is 24.3. The molecule has 278 valence electrons. The Bertz CT molecular complexity index is 1230. The standard InChI is InChI=1S/C43H66N2O5/c1-6-7-8-9-10-11-12-13-14-15-16-17-18-19-20-21-22-23-24-26-41(46)44-30-33-48-35-36-49-34-31-45-42(47)43(4,5)29-25-32-50-40-37-38(2)27-28-39(40)3/h7-8,10-11,13-14,16-17,19-20,22-23,27-28,37H,6,9,12,15,18,21,24-26,29-36H2,1-5H3,(H,44,46)(H,45,47). The molecule has 2 N–H and O–H groups in total. The summed E-state index contributed by atoms with van der Waals surface area (Å²) < 4.78 is 17.0. The Labute approximate surface area is 304 Å². The van der Waals surface area contributed by atoms with Gasteiger partial charge in [-0.25, -0.2) is 0 Å². The van der Waals surface area contributed by atoms with Gasteiger partial charge in [0, 0.05) is 24.9 Å². The molecule has 1 aromatic rings. The largest absolute Gasteiger partial charge is 0.493 e. The molecule has 0 atom stereocenters. The minimum Gasteiger partial charge on any atom is -0.493 e. The molecule has 7 heteroatoms. The monoisotopic (exact) mass is 690 g/mol. The summed E-state index contributed by atoms with van der Waals surface area (Å²) in [6, 6.07) is 6.19. The van der Waals surface area contributed by atoms with Gasteiger partial charge in [0.1, 0.15) is 5.75 Å². The second-order valence-electron chi connectivity index (χ2n) is 12.9. The molecule has 1 aromatic carbocycles. The highest BCUT2D eigenvalue weighted by molar-refractivity contribution is 5.81. The molecule has 0 aromatic heterocycles. The zero-order valence-electron chi connectivity index (χ0n) is 31.7. The van der Waals surface area contributed by atoms with Gasteiger partial charge in [-0.05, 0) is 88.8 Å². The van der Waals surface area contributed by atoms with Crippen molar-refractivity contribution in [3.8, 4) is 5.75 Å². The molecule has 0 saturated carbocycles. The fourth-order valence-corrected chi connectivity index (χ4v) is 4.68. The quantitative estimate of drug-likeness (QED) is 0.0647. The minimum absolute atomic E-state index is 0.0145. The molecule has 2 amide bonds. The van der Waals surface area contributed by atoms with E-state index in [4.69, 9.17) is 14.2 Å². The van der Waals surface area contributed by atoms with Crippen molar-refractivity contribution in [2.24, 2.45) is 5.41 Å². The molecule has 0 bridgehead atoms. The maximum absolute atomic E-state index is 12.6. The van der Waals surface area contributed by atoms with Crippen molar-refractivity contribution in [2.75, 3.05) is 46.1 Å². The maximum Gasteiger partial charge on any atom is 0.225 e. The van der Waals surface area contributed by atoms with Gasteiger partial charge in [-0.15, -0.1) is 0 Å². The van der Waals surface area contributed by atoms with E-state index in [-0.39, 0.29) is 11.8 Å². The van der Waals surface area contributed by atoms with E-state index in [1.807, 2.05) is 26.8 Å². The SMILES string of the molecule is CCC=CCC=CCC=CCC=CCC=CCC=CCCC(=O)NCCOCCOCCNC(=O)C(C)(C)CCCOc1cc(C)ccc1C. The van der Waals surface area contributed by atoms with Crippen LogP contribution in [0.15, 0.2) is 91.1 Å². The number of hydrogen-bond acceptors (Lipinski definition) is 5. The number of hydrogen-bond donors (Lipinski definition) is 2. The third kappa shape index (κ3) is 25.3. The van der Waals surface area contributed by atoms with E-state index in [2.05, 4.69) is 110 Å². The van der Waals surface area contributed by atoms with E-state index in [0.717, 1.165) is 69.1 Å². The lowest BCUT2D eigenvalue weighted by molar-refractivity contribution is -0.130. The summed E-state index contributed by atoms with van der Waals surface area (Å²) in [6.07, 6.45) is 34.7. The summed E-state index contributed by atoms with van der Waals surface area (Å²) in [5.74, 6) is 0.948. The van der Waals surface area contributed by atoms with E-state index in [1.54, 1.807) is 0 Å². The summed E-state index contributed by atoms with van der Waals surface area (Å²) in [7, 11) is 0. The number of allylic oxidation sites excluding steroid dienone is 12. The Balaban J connectivity index is 1.94. The van der Waals surface area contributed by atoms with Crippen LogP contribution in [0.5, 0.6) is 5.75 Å². The molecule has 0 heterocycles. The maximum atomic E-state index is 12.6.